The van der Waals surface area contributed by atoms with Gasteiger partial charge in [-0.25, -0.2) is 17.6 Å². The molecule has 2 heterocycles. The molecule has 0 fully saturated rings. The molecule has 0 spiro atoms. The Morgan fingerprint density at radius 1 is 1.14 bits per heavy atom. The van der Waals surface area contributed by atoms with Gasteiger partial charge < -0.3 is 19.9 Å². The molecule has 0 aliphatic heterocycles. The number of benzene rings is 2. The molecule has 0 radical (unpaired) electrons. The first-order chi connectivity index (χ1) is 16.6. The molecule has 0 aliphatic rings. The average Bonchev–Trinajstić information content (AvgIpc) is 3.37. The number of halogens is 1. The first-order valence-corrected chi connectivity index (χ1v) is 13.3. The Kier molecular flexibility index (Phi) is 6.93. The van der Waals surface area contributed by atoms with Crippen LogP contribution >= 0.6 is 11.8 Å². The lowest BCUT2D eigenvalue weighted by atomic mass is 10.3. The zero-order valence-corrected chi connectivity index (χ0v) is 20.4. The molecule has 0 aliphatic carbocycles. The largest absolute Gasteiger partial charge is 0.325 e. The summed E-state index contributed by atoms with van der Waals surface area (Å²) in [6.45, 7) is 2.20. The molecular formula is C21H22FN7O4S2. The van der Waals surface area contributed by atoms with Gasteiger partial charge >= 0.3 is 5.69 Å². The van der Waals surface area contributed by atoms with Crippen molar-refractivity contribution in [2.24, 2.45) is 0 Å². The normalized spacial score (nSPS) is 11.6. The van der Waals surface area contributed by atoms with E-state index in [1.807, 2.05) is 6.92 Å². The molecule has 1 amide bonds. The maximum Gasteiger partial charge on any atom is 0.323 e. The van der Waals surface area contributed by atoms with Crippen molar-refractivity contribution in [1.82, 2.24) is 24.7 Å². The number of hydrogen-bond acceptors (Lipinski definition) is 7. The van der Waals surface area contributed by atoms with Gasteiger partial charge in [0, 0.05) is 12.2 Å². The van der Waals surface area contributed by atoms with Gasteiger partial charge in [-0.1, -0.05) is 11.8 Å². The fraction of sp³-hybridized carbons (Fsp3) is 0.238. The summed E-state index contributed by atoms with van der Waals surface area (Å²) >= 11 is 1.16. The monoisotopic (exact) mass is 519 g/mol. The van der Waals surface area contributed by atoms with E-state index < -0.39 is 15.8 Å². The Labute approximate surface area is 203 Å². The van der Waals surface area contributed by atoms with E-state index in [0.29, 0.717) is 39.9 Å². The lowest BCUT2D eigenvalue weighted by Crippen LogP contribution is -2.30. The van der Waals surface area contributed by atoms with Crippen LogP contribution in [-0.2, 0) is 27.9 Å². The average molecular weight is 520 g/mol. The van der Waals surface area contributed by atoms with Crippen molar-refractivity contribution < 1.29 is 17.6 Å². The molecule has 14 heteroatoms. The van der Waals surface area contributed by atoms with Crippen LogP contribution in [0.4, 0.5) is 15.8 Å². The van der Waals surface area contributed by atoms with E-state index in [9.17, 15) is 22.4 Å². The Hall–Kier alpha value is -3.65. The maximum absolute atomic E-state index is 13.3. The number of hydrogen-bond donors (Lipinski definition) is 3. The van der Waals surface area contributed by atoms with Crippen LogP contribution in [-0.4, -0.2) is 51.1 Å². The van der Waals surface area contributed by atoms with E-state index in [-0.39, 0.29) is 23.9 Å². The summed E-state index contributed by atoms with van der Waals surface area (Å²) in [5.41, 5.74) is 1.71. The van der Waals surface area contributed by atoms with Crippen molar-refractivity contribution in [1.29, 1.82) is 0 Å². The van der Waals surface area contributed by atoms with Crippen LogP contribution in [0.2, 0.25) is 0 Å². The number of sulfonamides is 1. The number of nitrogens with zero attached hydrogens (tertiary/aromatic N) is 4. The third kappa shape index (κ3) is 5.71. The highest BCUT2D eigenvalue weighted by molar-refractivity contribution is 7.99. The van der Waals surface area contributed by atoms with E-state index in [1.165, 1.54) is 24.3 Å². The van der Waals surface area contributed by atoms with Crippen molar-refractivity contribution in [3.05, 3.63) is 64.6 Å². The second-order valence-corrected chi connectivity index (χ2v) is 10.4. The Bertz CT molecular complexity index is 1530. The minimum Gasteiger partial charge on any atom is -0.325 e. The Balaban J connectivity index is 1.45. The number of nitrogens with one attached hydrogen (secondary N) is 3. The summed E-state index contributed by atoms with van der Waals surface area (Å²) in [6, 6.07) is 10.1. The second kappa shape index (κ2) is 9.92. The molecule has 2 aromatic heterocycles. The van der Waals surface area contributed by atoms with E-state index in [1.54, 1.807) is 22.8 Å². The SMILES string of the molecule is CCn1c(CN(c2ccc(F)cc2)S(C)(=O)=O)nnc1SCC(=O)Nc1ccc2[nH]c(=O)[nH]c2c1. The van der Waals surface area contributed by atoms with Gasteiger partial charge in [0.05, 0.1) is 35.3 Å². The topological polar surface area (TPSA) is 146 Å². The van der Waals surface area contributed by atoms with Crippen LogP contribution in [0.1, 0.15) is 12.7 Å². The van der Waals surface area contributed by atoms with Crippen LogP contribution in [0.5, 0.6) is 0 Å². The van der Waals surface area contributed by atoms with Gasteiger partial charge in [0.1, 0.15) is 5.82 Å². The van der Waals surface area contributed by atoms with Crippen molar-refractivity contribution in [2.45, 2.75) is 25.2 Å². The van der Waals surface area contributed by atoms with E-state index in [2.05, 4.69) is 25.5 Å². The zero-order chi connectivity index (χ0) is 25.2. The van der Waals surface area contributed by atoms with Crippen LogP contribution in [0.25, 0.3) is 11.0 Å². The zero-order valence-electron chi connectivity index (χ0n) is 18.8. The van der Waals surface area contributed by atoms with Gasteiger partial charge in [-0.3, -0.25) is 9.10 Å². The van der Waals surface area contributed by atoms with E-state index in [4.69, 9.17) is 0 Å². The molecule has 0 atom stereocenters. The van der Waals surface area contributed by atoms with E-state index in [0.717, 1.165) is 22.3 Å². The highest BCUT2D eigenvalue weighted by Gasteiger charge is 2.22. The minimum atomic E-state index is -3.68. The number of rotatable bonds is 9. The summed E-state index contributed by atoms with van der Waals surface area (Å²) in [7, 11) is -3.68. The number of thioether (sulfide) groups is 1. The molecule has 0 saturated carbocycles. The smallest absolute Gasteiger partial charge is 0.323 e. The number of H-pyrrole nitrogens is 2. The van der Waals surface area contributed by atoms with Gasteiger partial charge in [0.2, 0.25) is 15.9 Å². The van der Waals surface area contributed by atoms with Gasteiger partial charge in [-0.05, 0) is 49.4 Å². The molecule has 0 bridgehead atoms. The molecule has 2 aromatic carbocycles. The van der Waals surface area contributed by atoms with Crippen molar-refractivity contribution in [3.8, 4) is 0 Å². The number of imidazole rings is 1. The third-order valence-corrected chi connectivity index (χ3v) is 7.15. The van der Waals surface area contributed by atoms with Crippen LogP contribution in [0, 0.1) is 5.82 Å². The molecule has 4 rings (SSSR count). The number of anilines is 2. The molecule has 4 aromatic rings. The Morgan fingerprint density at radius 2 is 1.86 bits per heavy atom. The molecule has 0 unspecified atom stereocenters. The van der Waals surface area contributed by atoms with Crippen LogP contribution in [0.15, 0.2) is 52.4 Å². The number of carbonyl (C=O) groups is 1. The van der Waals surface area contributed by atoms with Crippen LogP contribution < -0.4 is 15.3 Å². The summed E-state index contributed by atoms with van der Waals surface area (Å²) in [5.74, 6) is -0.346. The first kappa shape index (κ1) is 24.5. The highest BCUT2D eigenvalue weighted by Crippen LogP contribution is 2.23. The highest BCUT2D eigenvalue weighted by atomic mass is 32.2. The molecule has 35 heavy (non-hydrogen) atoms. The predicted molar refractivity (Wildman–Crippen MR) is 131 cm³/mol. The van der Waals surface area contributed by atoms with Gasteiger partial charge in [0.15, 0.2) is 11.0 Å². The van der Waals surface area contributed by atoms with Gasteiger partial charge in [0.25, 0.3) is 0 Å². The molecule has 11 nitrogen and oxygen atoms in total. The lowest BCUT2D eigenvalue weighted by molar-refractivity contribution is -0.113. The lowest BCUT2D eigenvalue weighted by Gasteiger charge is -2.22. The van der Waals surface area contributed by atoms with Crippen molar-refractivity contribution in [2.75, 3.05) is 21.6 Å². The quantitative estimate of drug-likeness (QED) is 0.288. The van der Waals surface area contributed by atoms with Crippen molar-refractivity contribution >= 4 is 50.1 Å². The number of fused-ring (bicyclic) bond motifs is 1. The number of aromatic amines is 2. The number of carbonyl (C=O) groups excluding carboxylic acids is 1. The second-order valence-electron chi connectivity index (χ2n) is 7.57. The summed E-state index contributed by atoms with van der Waals surface area (Å²) in [6.07, 6.45) is 1.06. The number of amides is 1. The first-order valence-electron chi connectivity index (χ1n) is 10.4. The summed E-state index contributed by atoms with van der Waals surface area (Å²) in [5, 5.41) is 11.5. The summed E-state index contributed by atoms with van der Waals surface area (Å²) in [4.78, 5) is 29.1. The minimum absolute atomic E-state index is 0.0353. The third-order valence-electron chi connectivity index (χ3n) is 5.04. The van der Waals surface area contributed by atoms with Crippen LogP contribution in [0.3, 0.4) is 0 Å². The molecule has 3 N–H and O–H groups in total. The van der Waals surface area contributed by atoms with Gasteiger partial charge in [-0.2, -0.15) is 0 Å². The summed E-state index contributed by atoms with van der Waals surface area (Å²) < 4.78 is 40.9. The predicted octanol–water partition coefficient (Wildman–Crippen LogP) is 2.30. The van der Waals surface area contributed by atoms with Gasteiger partial charge in [-0.15, -0.1) is 10.2 Å². The molecular weight excluding hydrogens is 497 g/mol. The number of aromatic nitrogens is 5. The maximum atomic E-state index is 13.3. The molecule has 184 valence electrons. The van der Waals surface area contributed by atoms with Crippen molar-refractivity contribution in [3.63, 3.8) is 0 Å². The Morgan fingerprint density at radius 3 is 2.54 bits per heavy atom. The van der Waals surface area contributed by atoms with E-state index >= 15 is 0 Å². The fourth-order valence-electron chi connectivity index (χ4n) is 3.43. The molecule has 0 saturated heterocycles. The fourth-order valence-corrected chi connectivity index (χ4v) is 5.11. The standard InChI is InChI=1S/C21H22FN7O4S2/c1-3-28-18(11-29(35(2,32)33)15-7-4-13(22)5-8-15)26-27-21(28)34-12-19(30)23-14-6-9-16-17(10-14)25-20(31)24-16/h4-10H,3,11-12H2,1-2H3,(H,23,30)(H2,24,25,31).